The summed E-state index contributed by atoms with van der Waals surface area (Å²) in [6, 6.07) is 12.9. The van der Waals surface area contributed by atoms with Gasteiger partial charge in [0.05, 0.1) is 0 Å². The molecule has 0 aromatic heterocycles. The molecule has 1 aliphatic carbocycles. The lowest BCUT2D eigenvalue weighted by Crippen LogP contribution is -2.40. The molecule has 0 bridgehead atoms. The molecule has 5 heteroatoms. The Morgan fingerprint density at radius 1 is 1.08 bits per heavy atom. The summed E-state index contributed by atoms with van der Waals surface area (Å²) in [7, 11) is 0. The van der Waals surface area contributed by atoms with Gasteiger partial charge in [0.25, 0.3) is 0 Å². The van der Waals surface area contributed by atoms with Gasteiger partial charge < -0.3 is 14.2 Å². The van der Waals surface area contributed by atoms with Crippen LogP contribution in [-0.2, 0) is 22.4 Å². The van der Waals surface area contributed by atoms with E-state index in [2.05, 4.69) is 0 Å². The Labute approximate surface area is 151 Å². The van der Waals surface area contributed by atoms with Crippen molar-refractivity contribution in [1.82, 2.24) is 0 Å². The lowest BCUT2D eigenvalue weighted by atomic mass is 10.0. The Hall–Kier alpha value is -2.82. The number of ether oxygens (including phenoxy) is 3. The monoisotopic (exact) mass is 352 g/mol. The van der Waals surface area contributed by atoms with Crippen molar-refractivity contribution in [2.24, 2.45) is 0 Å². The highest BCUT2D eigenvalue weighted by Gasteiger charge is 2.31. The fourth-order valence-corrected chi connectivity index (χ4v) is 3.40. The molecule has 0 unspecified atom stereocenters. The van der Waals surface area contributed by atoms with Crippen molar-refractivity contribution < 1.29 is 23.8 Å². The average molecular weight is 352 g/mol. The Balaban J connectivity index is 1.40. The molecule has 4 rings (SSSR count). The number of fused-ring (bicyclic) bond motifs is 2. The van der Waals surface area contributed by atoms with Crippen LogP contribution in [0.4, 0.5) is 0 Å². The Morgan fingerprint density at radius 2 is 1.85 bits per heavy atom. The van der Waals surface area contributed by atoms with Gasteiger partial charge in [-0.25, -0.2) is 4.79 Å². The van der Waals surface area contributed by atoms with Crippen molar-refractivity contribution in [2.45, 2.75) is 38.4 Å². The number of benzene rings is 2. The summed E-state index contributed by atoms with van der Waals surface area (Å²) in [5, 5.41) is 0. The number of rotatable bonds is 4. The molecule has 0 spiro atoms. The van der Waals surface area contributed by atoms with Crippen molar-refractivity contribution >= 4 is 11.8 Å². The van der Waals surface area contributed by atoms with E-state index in [1.165, 1.54) is 11.1 Å². The third kappa shape index (κ3) is 3.17. The van der Waals surface area contributed by atoms with Crippen molar-refractivity contribution in [1.29, 1.82) is 0 Å². The number of Topliss-reactive ketones (excluding diaryl/α,β-unsaturated/α-hetero) is 1. The van der Waals surface area contributed by atoms with Crippen LogP contribution in [0.2, 0.25) is 0 Å². The first-order chi connectivity index (χ1) is 12.6. The molecule has 2 atom stereocenters. The maximum atomic E-state index is 12.6. The normalized spacial score (nSPS) is 18.7. The van der Waals surface area contributed by atoms with Gasteiger partial charge in [-0.2, -0.15) is 0 Å². The van der Waals surface area contributed by atoms with Gasteiger partial charge in [-0.1, -0.05) is 24.3 Å². The summed E-state index contributed by atoms with van der Waals surface area (Å²) in [5.41, 5.74) is 3.10. The van der Waals surface area contributed by atoms with Crippen molar-refractivity contribution in [3.8, 4) is 11.5 Å². The van der Waals surface area contributed by atoms with Crippen LogP contribution in [0.15, 0.2) is 42.5 Å². The Bertz CT molecular complexity index is 857. The summed E-state index contributed by atoms with van der Waals surface area (Å²) < 4.78 is 16.5. The molecule has 0 saturated carbocycles. The maximum Gasteiger partial charge on any atom is 0.351 e. The second-order valence-corrected chi connectivity index (χ2v) is 6.64. The van der Waals surface area contributed by atoms with Crippen LogP contribution >= 0.6 is 0 Å². The van der Waals surface area contributed by atoms with Crippen LogP contribution in [0.3, 0.4) is 0 Å². The number of carbonyl (C=O) groups is 2. The summed E-state index contributed by atoms with van der Waals surface area (Å²) in [6.45, 7) is 1.65. The standard InChI is InChI=1S/C21H20O5/c1-13(20(22)16-10-9-14-5-4-6-15(14)11-16)25-21(23)19-12-24-17-7-2-3-8-18(17)26-19/h2-3,7-11,13,19H,4-6,12H2,1H3/t13-,19+/m1/s1. The van der Waals surface area contributed by atoms with Crippen LogP contribution in [0.25, 0.3) is 0 Å². The minimum Gasteiger partial charge on any atom is -0.485 e. The molecule has 0 radical (unpaired) electrons. The summed E-state index contributed by atoms with van der Waals surface area (Å²) in [4.78, 5) is 25.0. The number of ketones is 1. The van der Waals surface area contributed by atoms with Crippen LogP contribution < -0.4 is 9.47 Å². The molecule has 0 amide bonds. The van der Waals surface area contributed by atoms with Crippen LogP contribution in [0.1, 0.15) is 34.8 Å². The van der Waals surface area contributed by atoms with E-state index in [0.29, 0.717) is 17.1 Å². The fourth-order valence-electron chi connectivity index (χ4n) is 3.40. The first-order valence-corrected chi connectivity index (χ1v) is 8.87. The number of aryl methyl sites for hydroxylation is 2. The van der Waals surface area contributed by atoms with Crippen LogP contribution in [0.5, 0.6) is 11.5 Å². The molecule has 134 valence electrons. The summed E-state index contributed by atoms with van der Waals surface area (Å²) >= 11 is 0. The third-order valence-electron chi connectivity index (χ3n) is 4.82. The average Bonchev–Trinajstić information content (AvgIpc) is 3.14. The van der Waals surface area contributed by atoms with E-state index in [4.69, 9.17) is 14.2 Å². The first kappa shape index (κ1) is 16.6. The highest BCUT2D eigenvalue weighted by Crippen LogP contribution is 2.31. The summed E-state index contributed by atoms with van der Waals surface area (Å²) in [5.74, 6) is 0.295. The maximum absolute atomic E-state index is 12.6. The van der Waals surface area contributed by atoms with Gasteiger partial charge in [0.2, 0.25) is 11.9 Å². The van der Waals surface area contributed by atoms with Gasteiger partial charge in [-0.15, -0.1) is 0 Å². The first-order valence-electron chi connectivity index (χ1n) is 8.87. The van der Waals surface area contributed by atoms with E-state index in [0.717, 1.165) is 19.3 Å². The molecule has 0 fully saturated rings. The van der Waals surface area contributed by atoms with E-state index >= 15 is 0 Å². The van der Waals surface area contributed by atoms with Crippen molar-refractivity contribution in [3.63, 3.8) is 0 Å². The topological polar surface area (TPSA) is 61.8 Å². The Morgan fingerprint density at radius 3 is 2.69 bits per heavy atom. The number of hydrogen-bond donors (Lipinski definition) is 0. The molecule has 2 aromatic carbocycles. The second kappa shape index (κ2) is 6.83. The molecule has 2 aromatic rings. The highest BCUT2D eigenvalue weighted by atomic mass is 16.6. The molecule has 1 aliphatic heterocycles. The lowest BCUT2D eigenvalue weighted by Gasteiger charge is -2.25. The number of esters is 1. The van der Waals surface area contributed by atoms with E-state index in [9.17, 15) is 9.59 Å². The largest absolute Gasteiger partial charge is 0.485 e. The fraction of sp³-hybridized carbons (Fsp3) is 0.333. The zero-order valence-corrected chi connectivity index (χ0v) is 14.6. The van der Waals surface area contributed by atoms with Crippen molar-refractivity contribution in [2.75, 3.05) is 6.61 Å². The van der Waals surface area contributed by atoms with E-state index < -0.39 is 18.2 Å². The smallest absolute Gasteiger partial charge is 0.351 e. The van der Waals surface area contributed by atoms with Gasteiger partial charge in [-0.3, -0.25) is 4.79 Å². The van der Waals surface area contributed by atoms with E-state index in [-0.39, 0.29) is 12.4 Å². The van der Waals surface area contributed by atoms with Gasteiger partial charge in [0, 0.05) is 5.56 Å². The summed E-state index contributed by atoms with van der Waals surface area (Å²) in [6.07, 6.45) is 1.44. The van der Waals surface area contributed by atoms with Crippen LogP contribution in [0, 0.1) is 0 Å². The number of hydrogen-bond acceptors (Lipinski definition) is 5. The third-order valence-corrected chi connectivity index (χ3v) is 4.82. The molecule has 1 heterocycles. The SMILES string of the molecule is C[C@@H](OC(=O)[C@@H]1COc2ccccc2O1)C(=O)c1ccc2c(c1)CCC2. The lowest BCUT2D eigenvalue weighted by molar-refractivity contribution is -0.157. The molecule has 2 aliphatic rings. The highest BCUT2D eigenvalue weighted by molar-refractivity contribution is 6.00. The molecule has 0 saturated heterocycles. The van der Waals surface area contributed by atoms with E-state index in [1.54, 1.807) is 25.1 Å². The zero-order valence-electron chi connectivity index (χ0n) is 14.6. The predicted octanol–water partition coefficient (Wildman–Crippen LogP) is 3.13. The molecule has 5 nitrogen and oxygen atoms in total. The molecular formula is C21H20O5. The molecule has 0 N–H and O–H groups in total. The number of carbonyl (C=O) groups excluding carboxylic acids is 2. The minimum atomic E-state index is -0.875. The Kier molecular flexibility index (Phi) is 4.37. The van der Waals surface area contributed by atoms with E-state index in [1.807, 2.05) is 24.3 Å². The van der Waals surface area contributed by atoms with Gasteiger partial charge in [0.15, 0.2) is 17.6 Å². The van der Waals surface area contributed by atoms with Gasteiger partial charge in [0.1, 0.15) is 6.61 Å². The zero-order chi connectivity index (χ0) is 18.1. The number of para-hydroxylation sites is 2. The predicted molar refractivity (Wildman–Crippen MR) is 94.7 cm³/mol. The van der Waals surface area contributed by atoms with Crippen molar-refractivity contribution in [3.05, 3.63) is 59.2 Å². The molecule has 26 heavy (non-hydrogen) atoms. The van der Waals surface area contributed by atoms with Gasteiger partial charge in [-0.05, 0) is 55.5 Å². The van der Waals surface area contributed by atoms with Gasteiger partial charge >= 0.3 is 5.97 Å². The second-order valence-electron chi connectivity index (χ2n) is 6.64. The van der Waals surface area contributed by atoms with Crippen LogP contribution in [-0.4, -0.2) is 30.6 Å². The molecular weight excluding hydrogens is 332 g/mol. The quantitative estimate of drug-likeness (QED) is 0.625. The minimum absolute atomic E-state index is 0.0651.